The van der Waals surface area contributed by atoms with Gasteiger partial charge in [0.05, 0.1) is 5.69 Å². The zero-order valence-corrected chi connectivity index (χ0v) is 10.4. The van der Waals surface area contributed by atoms with E-state index >= 15 is 0 Å². The van der Waals surface area contributed by atoms with Crippen molar-refractivity contribution in [2.45, 2.75) is 46.5 Å². The van der Waals surface area contributed by atoms with Crippen LogP contribution in [0, 0.1) is 5.41 Å². The van der Waals surface area contributed by atoms with Crippen molar-refractivity contribution in [1.29, 1.82) is 0 Å². The zero-order chi connectivity index (χ0) is 12.0. The van der Waals surface area contributed by atoms with E-state index < -0.39 is 0 Å². The summed E-state index contributed by atoms with van der Waals surface area (Å²) in [6.45, 7) is 6.19. The van der Waals surface area contributed by atoms with E-state index in [0.717, 1.165) is 18.5 Å². The molecule has 1 heterocycles. The normalized spacial score (nSPS) is 11.4. The van der Waals surface area contributed by atoms with Crippen molar-refractivity contribution in [1.82, 2.24) is 10.2 Å². The van der Waals surface area contributed by atoms with E-state index in [-0.39, 0.29) is 5.41 Å². The molecule has 0 atom stereocenters. The molecule has 1 aromatic heterocycles. The number of rotatable bonds is 6. The van der Waals surface area contributed by atoms with Gasteiger partial charge < -0.3 is 0 Å². The average Bonchev–Trinajstić information content (AvgIpc) is 2.36. The molecule has 3 nitrogen and oxygen atoms in total. The number of aromatic nitrogens is 2. The number of carbonyl (C=O) groups is 1. The lowest BCUT2D eigenvalue weighted by Gasteiger charge is -2.24. The summed E-state index contributed by atoms with van der Waals surface area (Å²) < 4.78 is 0. The molecular formula is C13H20N2O. The van der Waals surface area contributed by atoms with E-state index in [0.29, 0.717) is 18.6 Å². The van der Waals surface area contributed by atoms with Gasteiger partial charge in [0.1, 0.15) is 5.78 Å². The monoisotopic (exact) mass is 220 g/mol. The Hall–Kier alpha value is -1.25. The second-order valence-corrected chi connectivity index (χ2v) is 4.41. The molecule has 0 aromatic carbocycles. The van der Waals surface area contributed by atoms with Gasteiger partial charge in [-0.05, 0) is 31.4 Å². The molecule has 0 amide bonds. The first kappa shape index (κ1) is 12.8. The van der Waals surface area contributed by atoms with Crippen LogP contribution in [-0.4, -0.2) is 16.0 Å². The first-order chi connectivity index (χ1) is 7.62. The minimum atomic E-state index is -0.164. The second kappa shape index (κ2) is 5.73. The highest BCUT2D eigenvalue weighted by Crippen LogP contribution is 2.28. The van der Waals surface area contributed by atoms with Crippen molar-refractivity contribution in [3.63, 3.8) is 0 Å². The van der Waals surface area contributed by atoms with E-state index in [2.05, 4.69) is 24.0 Å². The third kappa shape index (κ3) is 3.12. The van der Waals surface area contributed by atoms with Crippen molar-refractivity contribution in [2.24, 2.45) is 5.41 Å². The Morgan fingerprint density at radius 3 is 2.56 bits per heavy atom. The molecule has 0 radical (unpaired) electrons. The summed E-state index contributed by atoms with van der Waals surface area (Å²) in [7, 11) is 0. The van der Waals surface area contributed by atoms with Crippen molar-refractivity contribution in [2.75, 3.05) is 0 Å². The smallest absolute Gasteiger partial charge is 0.139 e. The fraction of sp³-hybridized carbons (Fsp3) is 0.615. The number of nitrogens with zero attached hydrogens (tertiary/aromatic N) is 2. The summed E-state index contributed by atoms with van der Waals surface area (Å²) in [5, 5.41) is 7.79. The molecule has 0 fully saturated rings. The third-order valence-corrected chi connectivity index (χ3v) is 3.47. The van der Waals surface area contributed by atoms with Gasteiger partial charge in [-0.15, -0.1) is 0 Å². The lowest BCUT2D eigenvalue weighted by atomic mass is 9.78. The van der Waals surface area contributed by atoms with Gasteiger partial charge in [-0.3, -0.25) is 4.79 Å². The number of Topliss-reactive ketones (excluding diaryl/α,β-unsaturated/α-hetero) is 1. The molecule has 0 saturated carbocycles. The highest BCUT2D eigenvalue weighted by Gasteiger charge is 2.28. The SMILES string of the molecule is CCC(C)(CC)C(=O)CCc1cccnn1. The lowest BCUT2D eigenvalue weighted by molar-refractivity contribution is -0.128. The van der Waals surface area contributed by atoms with Gasteiger partial charge in [-0.25, -0.2) is 0 Å². The van der Waals surface area contributed by atoms with Gasteiger partial charge in [0.15, 0.2) is 0 Å². The summed E-state index contributed by atoms with van der Waals surface area (Å²) in [4.78, 5) is 12.1. The fourth-order valence-electron chi connectivity index (χ4n) is 1.65. The van der Waals surface area contributed by atoms with Crippen LogP contribution in [0.15, 0.2) is 18.3 Å². The molecule has 0 saturated heterocycles. The van der Waals surface area contributed by atoms with Crippen LogP contribution in [0.2, 0.25) is 0 Å². The molecule has 0 aliphatic carbocycles. The number of ketones is 1. The topological polar surface area (TPSA) is 42.9 Å². The summed E-state index contributed by atoms with van der Waals surface area (Å²) in [6.07, 6.45) is 4.72. The first-order valence-electron chi connectivity index (χ1n) is 5.92. The van der Waals surface area contributed by atoms with E-state index in [4.69, 9.17) is 0 Å². The van der Waals surface area contributed by atoms with Gasteiger partial charge >= 0.3 is 0 Å². The number of aryl methyl sites for hydroxylation is 1. The first-order valence-corrected chi connectivity index (χ1v) is 5.92. The number of carbonyl (C=O) groups excluding carboxylic acids is 1. The largest absolute Gasteiger partial charge is 0.299 e. The maximum atomic E-state index is 12.1. The second-order valence-electron chi connectivity index (χ2n) is 4.41. The molecule has 1 aromatic rings. The molecular weight excluding hydrogens is 200 g/mol. The lowest BCUT2D eigenvalue weighted by Crippen LogP contribution is -2.26. The van der Waals surface area contributed by atoms with Crippen LogP contribution in [0.25, 0.3) is 0 Å². The van der Waals surface area contributed by atoms with Crippen LogP contribution < -0.4 is 0 Å². The van der Waals surface area contributed by atoms with Crippen LogP contribution in [0.3, 0.4) is 0 Å². The molecule has 1 rings (SSSR count). The van der Waals surface area contributed by atoms with Gasteiger partial charge in [0, 0.05) is 18.0 Å². The fourth-order valence-corrected chi connectivity index (χ4v) is 1.65. The standard InChI is InChI=1S/C13H20N2O/c1-4-13(3,5-2)12(16)9-8-11-7-6-10-14-15-11/h6-7,10H,4-5,8-9H2,1-3H3. The molecule has 0 bridgehead atoms. The van der Waals surface area contributed by atoms with E-state index in [1.54, 1.807) is 6.20 Å². The summed E-state index contributed by atoms with van der Waals surface area (Å²) in [6, 6.07) is 3.77. The zero-order valence-electron chi connectivity index (χ0n) is 10.4. The van der Waals surface area contributed by atoms with Gasteiger partial charge in [0.25, 0.3) is 0 Å². The molecule has 0 spiro atoms. The molecule has 0 aliphatic heterocycles. The molecule has 88 valence electrons. The van der Waals surface area contributed by atoms with Crippen LogP contribution in [-0.2, 0) is 11.2 Å². The Balaban J connectivity index is 2.53. The molecule has 0 unspecified atom stereocenters. The quantitative estimate of drug-likeness (QED) is 0.740. The summed E-state index contributed by atoms with van der Waals surface area (Å²) in [5.41, 5.74) is 0.729. The number of hydrogen-bond donors (Lipinski definition) is 0. The Morgan fingerprint density at radius 1 is 1.38 bits per heavy atom. The van der Waals surface area contributed by atoms with Crippen molar-refractivity contribution < 1.29 is 4.79 Å². The van der Waals surface area contributed by atoms with E-state index in [1.165, 1.54) is 0 Å². The van der Waals surface area contributed by atoms with E-state index in [9.17, 15) is 4.79 Å². The maximum absolute atomic E-state index is 12.1. The molecule has 3 heteroatoms. The van der Waals surface area contributed by atoms with Crippen LogP contribution in [0.5, 0.6) is 0 Å². The van der Waals surface area contributed by atoms with Crippen LogP contribution >= 0.6 is 0 Å². The Labute approximate surface area is 97.3 Å². The van der Waals surface area contributed by atoms with Crippen LogP contribution in [0.4, 0.5) is 0 Å². The van der Waals surface area contributed by atoms with Gasteiger partial charge in [-0.2, -0.15) is 10.2 Å². The Morgan fingerprint density at radius 2 is 2.06 bits per heavy atom. The maximum Gasteiger partial charge on any atom is 0.139 e. The predicted molar refractivity (Wildman–Crippen MR) is 64.0 cm³/mol. The minimum Gasteiger partial charge on any atom is -0.299 e. The number of hydrogen-bond acceptors (Lipinski definition) is 3. The molecule has 0 N–H and O–H groups in total. The van der Waals surface area contributed by atoms with E-state index in [1.807, 2.05) is 19.1 Å². The Kier molecular flexibility index (Phi) is 4.59. The summed E-state index contributed by atoms with van der Waals surface area (Å²) in [5.74, 6) is 0.336. The van der Waals surface area contributed by atoms with Crippen molar-refractivity contribution in [3.05, 3.63) is 24.0 Å². The highest BCUT2D eigenvalue weighted by molar-refractivity contribution is 5.84. The van der Waals surface area contributed by atoms with Crippen LogP contribution in [0.1, 0.15) is 45.7 Å². The average molecular weight is 220 g/mol. The third-order valence-electron chi connectivity index (χ3n) is 3.47. The van der Waals surface area contributed by atoms with Crippen molar-refractivity contribution >= 4 is 5.78 Å². The van der Waals surface area contributed by atoms with Gasteiger partial charge in [0.2, 0.25) is 0 Å². The van der Waals surface area contributed by atoms with Gasteiger partial charge in [-0.1, -0.05) is 20.8 Å². The minimum absolute atomic E-state index is 0.164. The predicted octanol–water partition coefficient (Wildman–Crippen LogP) is 2.80. The highest BCUT2D eigenvalue weighted by atomic mass is 16.1. The molecule has 0 aliphatic rings. The molecule has 16 heavy (non-hydrogen) atoms. The summed E-state index contributed by atoms with van der Waals surface area (Å²) >= 11 is 0. The van der Waals surface area contributed by atoms with Crippen molar-refractivity contribution in [3.8, 4) is 0 Å². The Bertz CT molecular complexity index is 331.